The zero-order valence-corrected chi connectivity index (χ0v) is 20.5. The van der Waals surface area contributed by atoms with Crippen molar-refractivity contribution in [2.75, 3.05) is 10.7 Å². The van der Waals surface area contributed by atoms with E-state index < -0.39 is 0 Å². The number of nitrogens with zero attached hydrogens (tertiary/aromatic N) is 1. The van der Waals surface area contributed by atoms with E-state index in [2.05, 4.69) is 109 Å². The lowest BCUT2D eigenvalue weighted by Gasteiger charge is -2.25. The Kier molecular flexibility index (Phi) is 6.72. The fourth-order valence-corrected chi connectivity index (χ4v) is 6.86. The largest absolute Gasteiger partial charge is 0.337 e. The van der Waals surface area contributed by atoms with Gasteiger partial charge in [0.15, 0.2) is 0 Å². The maximum absolute atomic E-state index is 2.41. The first-order valence-corrected chi connectivity index (χ1v) is 14.2. The second-order valence-corrected chi connectivity index (χ2v) is 11.5. The van der Waals surface area contributed by atoms with Crippen molar-refractivity contribution >= 4 is 64.5 Å². The van der Waals surface area contributed by atoms with Crippen LogP contribution in [0.3, 0.4) is 0 Å². The van der Waals surface area contributed by atoms with Crippen molar-refractivity contribution in [1.29, 1.82) is 0 Å². The maximum atomic E-state index is 2.41. The summed E-state index contributed by atoms with van der Waals surface area (Å²) in [5.74, 6) is 2.20. The topological polar surface area (TPSA) is 3.24 Å². The van der Waals surface area contributed by atoms with E-state index in [-0.39, 0.29) is 0 Å². The lowest BCUT2D eigenvalue weighted by molar-refractivity contribution is 0.977. The molecular formula is C28H25NS3. The van der Waals surface area contributed by atoms with Crippen LogP contribution in [0.25, 0.3) is 20.2 Å². The molecule has 0 saturated carbocycles. The van der Waals surface area contributed by atoms with Gasteiger partial charge in [0.2, 0.25) is 0 Å². The summed E-state index contributed by atoms with van der Waals surface area (Å²) in [5, 5.41) is 2.71. The lowest BCUT2D eigenvalue weighted by atomic mass is 10.1. The molecule has 1 heterocycles. The van der Waals surface area contributed by atoms with Crippen LogP contribution >= 0.6 is 32.9 Å². The fourth-order valence-electron chi connectivity index (χ4n) is 3.96. The maximum Gasteiger partial charge on any atom is 0.0482 e. The van der Waals surface area contributed by atoms with Crippen LogP contribution in [0.4, 0.5) is 11.4 Å². The summed E-state index contributed by atoms with van der Waals surface area (Å²) in [5.41, 5.74) is 5.14. The molecule has 0 fully saturated rings. The molecule has 0 unspecified atom stereocenters. The molecule has 0 aliphatic rings. The van der Waals surface area contributed by atoms with Crippen molar-refractivity contribution in [3.63, 3.8) is 0 Å². The van der Waals surface area contributed by atoms with Gasteiger partial charge in [0, 0.05) is 49.6 Å². The minimum absolute atomic E-state index is 0.841. The van der Waals surface area contributed by atoms with Gasteiger partial charge >= 0.3 is 0 Å². The number of hydrogen-bond donors (Lipinski definition) is 0. The lowest BCUT2D eigenvalue weighted by Crippen LogP contribution is -2.16. The van der Waals surface area contributed by atoms with Crippen molar-refractivity contribution in [2.45, 2.75) is 19.2 Å². The van der Waals surface area contributed by atoms with Gasteiger partial charge in [-0.05, 0) is 47.5 Å². The van der Waals surface area contributed by atoms with Crippen LogP contribution in [-0.2, 0) is 12.3 Å². The predicted molar refractivity (Wildman–Crippen MR) is 147 cm³/mol. The van der Waals surface area contributed by atoms with Gasteiger partial charge in [0.1, 0.15) is 0 Å². The predicted octanol–water partition coefficient (Wildman–Crippen LogP) is 9.29. The minimum Gasteiger partial charge on any atom is -0.337 e. The van der Waals surface area contributed by atoms with Crippen molar-refractivity contribution in [3.8, 4) is 0 Å². The number of benzene rings is 4. The highest BCUT2D eigenvalue weighted by Crippen LogP contribution is 2.35. The standard InChI is InChI=1S/C28H25NS3/c1-2-30-31-20-21-12-15-24(16-13-21)29(23-8-4-3-5-9-23)19-22-14-17-26-25-10-6-7-11-27(25)32-28(26)18-22/h3-18H,2,19-20H2,1H3. The van der Waals surface area contributed by atoms with Crippen LogP contribution in [-0.4, -0.2) is 5.75 Å². The first-order chi connectivity index (χ1) is 15.8. The highest BCUT2D eigenvalue weighted by Gasteiger charge is 2.12. The summed E-state index contributed by atoms with van der Waals surface area (Å²) in [6.45, 7) is 3.04. The van der Waals surface area contributed by atoms with E-state index in [1.165, 1.54) is 42.7 Å². The van der Waals surface area contributed by atoms with Crippen LogP contribution in [0.5, 0.6) is 0 Å². The Bertz CT molecular complexity index is 1310. The highest BCUT2D eigenvalue weighted by atomic mass is 33.1. The molecule has 0 atom stereocenters. The average molecular weight is 472 g/mol. The molecule has 32 heavy (non-hydrogen) atoms. The van der Waals surface area contributed by atoms with Gasteiger partial charge in [-0.1, -0.05) is 89.2 Å². The van der Waals surface area contributed by atoms with Gasteiger partial charge in [-0.2, -0.15) is 0 Å². The molecule has 4 heteroatoms. The van der Waals surface area contributed by atoms with Gasteiger partial charge < -0.3 is 4.90 Å². The van der Waals surface area contributed by atoms with Crippen LogP contribution in [0.15, 0.2) is 97.1 Å². The Morgan fingerprint density at radius 1 is 0.656 bits per heavy atom. The molecule has 0 bridgehead atoms. The Morgan fingerprint density at radius 2 is 1.34 bits per heavy atom. The summed E-state index contributed by atoms with van der Waals surface area (Å²) in [6, 6.07) is 35.4. The SMILES string of the molecule is CCSSCc1ccc(N(Cc2ccc3c(c2)sc2ccccc23)c2ccccc2)cc1. The van der Waals surface area contributed by atoms with E-state index in [0.29, 0.717) is 0 Å². The van der Waals surface area contributed by atoms with Crippen LogP contribution < -0.4 is 4.90 Å². The number of para-hydroxylation sites is 1. The van der Waals surface area contributed by atoms with Crippen molar-refractivity contribution < 1.29 is 0 Å². The Morgan fingerprint density at radius 3 is 2.16 bits per heavy atom. The van der Waals surface area contributed by atoms with Gasteiger partial charge in [-0.25, -0.2) is 0 Å². The molecule has 0 aliphatic heterocycles. The number of hydrogen-bond acceptors (Lipinski definition) is 4. The summed E-state index contributed by atoms with van der Waals surface area (Å²) in [7, 11) is 3.85. The van der Waals surface area contributed by atoms with Gasteiger partial charge in [0.05, 0.1) is 0 Å². The molecule has 0 radical (unpaired) electrons. The van der Waals surface area contributed by atoms with Crippen molar-refractivity contribution in [1.82, 2.24) is 0 Å². The Labute approximate surface area is 201 Å². The van der Waals surface area contributed by atoms with E-state index in [1.807, 2.05) is 32.9 Å². The zero-order chi connectivity index (χ0) is 21.8. The molecule has 0 saturated heterocycles. The quantitative estimate of drug-likeness (QED) is 0.164. The highest BCUT2D eigenvalue weighted by molar-refractivity contribution is 8.76. The Balaban J connectivity index is 1.46. The minimum atomic E-state index is 0.841. The molecule has 0 amide bonds. The smallest absolute Gasteiger partial charge is 0.0482 e. The monoisotopic (exact) mass is 471 g/mol. The summed E-state index contributed by atoms with van der Waals surface area (Å²) < 4.78 is 2.71. The number of anilines is 2. The van der Waals surface area contributed by atoms with Gasteiger partial charge in [-0.15, -0.1) is 11.3 Å². The van der Waals surface area contributed by atoms with E-state index in [1.54, 1.807) is 0 Å². The normalized spacial score (nSPS) is 11.3. The number of fused-ring (bicyclic) bond motifs is 3. The van der Waals surface area contributed by atoms with Crippen molar-refractivity contribution in [3.05, 3.63) is 108 Å². The van der Waals surface area contributed by atoms with Gasteiger partial charge in [0.25, 0.3) is 0 Å². The third-order valence-electron chi connectivity index (χ3n) is 5.53. The zero-order valence-electron chi connectivity index (χ0n) is 18.0. The molecule has 0 aliphatic carbocycles. The average Bonchev–Trinajstić information content (AvgIpc) is 3.22. The van der Waals surface area contributed by atoms with Gasteiger partial charge in [-0.3, -0.25) is 0 Å². The third-order valence-corrected chi connectivity index (χ3v) is 9.07. The molecule has 5 aromatic rings. The molecule has 1 nitrogen and oxygen atoms in total. The number of thiophene rings is 1. The third kappa shape index (κ3) is 4.68. The molecule has 0 N–H and O–H groups in total. The van der Waals surface area contributed by atoms with Crippen LogP contribution in [0.1, 0.15) is 18.1 Å². The molecular weight excluding hydrogens is 447 g/mol. The molecule has 5 rings (SSSR count). The van der Waals surface area contributed by atoms with E-state index in [9.17, 15) is 0 Å². The Hall–Kier alpha value is -2.40. The summed E-state index contributed by atoms with van der Waals surface area (Å²) in [6.07, 6.45) is 0. The second-order valence-electron chi connectivity index (χ2n) is 7.69. The van der Waals surface area contributed by atoms with E-state index >= 15 is 0 Å². The fraction of sp³-hybridized carbons (Fsp3) is 0.143. The van der Waals surface area contributed by atoms with Crippen LogP contribution in [0.2, 0.25) is 0 Å². The summed E-state index contributed by atoms with van der Waals surface area (Å²) in [4.78, 5) is 2.41. The summed E-state index contributed by atoms with van der Waals surface area (Å²) >= 11 is 1.88. The molecule has 4 aromatic carbocycles. The molecule has 1 aromatic heterocycles. The first-order valence-electron chi connectivity index (χ1n) is 10.9. The second kappa shape index (κ2) is 10.0. The van der Waals surface area contributed by atoms with E-state index in [0.717, 1.165) is 18.1 Å². The molecule has 160 valence electrons. The number of rotatable bonds is 8. The first kappa shape index (κ1) is 21.4. The molecule has 0 spiro atoms. The van der Waals surface area contributed by atoms with Crippen molar-refractivity contribution in [2.24, 2.45) is 0 Å². The van der Waals surface area contributed by atoms with E-state index in [4.69, 9.17) is 0 Å². The van der Waals surface area contributed by atoms with Crippen LogP contribution in [0, 0.1) is 0 Å².